The van der Waals surface area contributed by atoms with E-state index in [2.05, 4.69) is 9.83 Å². The number of aromatic nitrogens is 1. The van der Waals surface area contributed by atoms with Crippen molar-refractivity contribution in [2.45, 2.75) is 12.5 Å². The first-order chi connectivity index (χ1) is 15.6. The molecule has 3 aromatic carbocycles. The molecule has 6 heteroatoms. The molecular formula is C26H18ClN3O2. The molecule has 0 bridgehead atoms. The molecule has 1 amide bonds. The Kier molecular flexibility index (Phi) is 5.22. The van der Waals surface area contributed by atoms with Gasteiger partial charge in [-0.3, -0.25) is 4.79 Å². The molecule has 5 nitrogen and oxygen atoms in total. The maximum absolute atomic E-state index is 13.1. The number of fused-ring (bicyclic) bond motifs is 1. The van der Waals surface area contributed by atoms with E-state index in [9.17, 15) is 4.79 Å². The van der Waals surface area contributed by atoms with Gasteiger partial charge in [-0.25, -0.2) is 9.83 Å². The quantitative estimate of drug-likeness (QED) is 0.351. The second kappa shape index (κ2) is 8.33. The zero-order valence-corrected chi connectivity index (χ0v) is 17.8. The summed E-state index contributed by atoms with van der Waals surface area (Å²) in [5.74, 6) is 0.249. The molecule has 1 fully saturated rings. The lowest BCUT2D eigenvalue weighted by Crippen LogP contribution is -2.32. The highest BCUT2D eigenvalue weighted by molar-refractivity contribution is 6.33. The lowest BCUT2D eigenvalue weighted by Gasteiger charge is -2.19. The van der Waals surface area contributed by atoms with E-state index in [1.165, 1.54) is 0 Å². The van der Waals surface area contributed by atoms with Gasteiger partial charge in [0.05, 0.1) is 12.1 Å². The zero-order valence-electron chi connectivity index (χ0n) is 17.0. The van der Waals surface area contributed by atoms with Gasteiger partial charge in [0.25, 0.3) is 5.91 Å². The summed E-state index contributed by atoms with van der Waals surface area (Å²) in [6, 6.07) is 24.4. The third kappa shape index (κ3) is 3.66. The molecule has 0 saturated carbocycles. The summed E-state index contributed by atoms with van der Waals surface area (Å²) >= 11 is 6.31. The molecule has 0 N–H and O–H groups in total. The van der Waals surface area contributed by atoms with Crippen molar-refractivity contribution in [2.75, 3.05) is 11.4 Å². The minimum absolute atomic E-state index is 0.171. The Hall–Kier alpha value is -3.88. The molecule has 5 rings (SSSR count). The number of anilines is 1. The molecule has 2 heterocycles. The second-order valence-electron chi connectivity index (χ2n) is 7.52. The molecule has 0 spiro atoms. The van der Waals surface area contributed by atoms with Crippen molar-refractivity contribution >= 4 is 39.8 Å². The van der Waals surface area contributed by atoms with Crippen LogP contribution in [0.4, 0.5) is 11.4 Å². The van der Waals surface area contributed by atoms with Gasteiger partial charge in [0, 0.05) is 35.1 Å². The summed E-state index contributed by atoms with van der Waals surface area (Å²) in [6.45, 7) is 8.12. The molecule has 1 atom stereocenters. The van der Waals surface area contributed by atoms with Gasteiger partial charge in [-0.2, -0.15) is 0 Å². The first kappa shape index (κ1) is 20.0. The number of hydrogen-bond donors (Lipinski definition) is 0. The maximum atomic E-state index is 13.1. The average molecular weight is 440 g/mol. The van der Waals surface area contributed by atoms with Gasteiger partial charge in [-0.1, -0.05) is 54.1 Å². The van der Waals surface area contributed by atoms with Crippen molar-refractivity contribution in [3.63, 3.8) is 0 Å². The van der Waals surface area contributed by atoms with Gasteiger partial charge < -0.3 is 9.64 Å². The fourth-order valence-corrected chi connectivity index (χ4v) is 4.21. The van der Waals surface area contributed by atoms with Crippen molar-refractivity contribution in [3.05, 3.63) is 95.3 Å². The summed E-state index contributed by atoms with van der Waals surface area (Å²) in [5, 5.41) is 1.63. The van der Waals surface area contributed by atoms with Crippen molar-refractivity contribution < 1.29 is 9.53 Å². The van der Waals surface area contributed by atoms with Crippen LogP contribution in [-0.4, -0.2) is 23.5 Å². The van der Waals surface area contributed by atoms with Gasteiger partial charge in [-0.15, -0.1) is 0 Å². The lowest BCUT2D eigenvalue weighted by molar-refractivity contribution is -0.123. The fraction of sp³-hybridized carbons (Fsp3) is 0.115. The van der Waals surface area contributed by atoms with Crippen LogP contribution in [0.15, 0.2) is 78.9 Å². The number of halogens is 1. The van der Waals surface area contributed by atoms with Crippen LogP contribution in [0, 0.1) is 6.57 Å². The number of rotatable bonds is 4. The van der Waals surface area contributed by atoms with Gasteiger partial charge in [0.15, 0.2) is 6.10 Å². The molecule has 1 unspecified atom stereocenters. The van der Waals surface area contributed by atoms with Crippen LogP contribution in [0.1, 0.15) is 6.42 Å². The molecular weight excluding hydrogens is 422 g/mol. The summed E-state index contributed by atoms with van der Waals surface area (Å²) in [7, 11) is 0. The molecule has 1 saturated heterocycles. The normalized spacial score (nSPS) is 15.7. The molecule has 1 aliphatic heterocycles. The zero-order chi connectivity index (χ0) is 22.1. The number of carbonyl (C=O) groups excluding carboxylic acids is 1. The number of ether oxygens (including phenoxy) is 1. The van der Waals surface area contributed by atoms with Crippen molar-refractivity contribution in [3.8, 4) is 17.0 Å². The van der Waals surface area contributed by atoms with Crippen LogP contribution >= 0.6 is 11.6 Å². The minimum atomic E-state index is -0.634. The standard InChI is InChI=1S/C26H18ClN3O2/c1-28-22-16-18(19-7-3-4-8-20(19)27)10-12-23(22)30-15-14-24(26(30)31)32-25-13-11-17-6-2-5-9-21(17)29-25/h2-13,16,24H,14-15H2. The van der Waals surface area contributed by atoms with E-state index < -0.39 is 6.10 Å². The number of amides is 1. The number of nitrogens with zero attached hydrogens (tertiary/aromatic N) is 3. The molecule has 156 valence electrons. The topological polar surface area (TPSA) is 46.8 Å². The first-order valence-corrected chi connectivity index (χ1v) is 10.6. The SMILES string of the molecule is [C-]#[N+]c1cc(-c2ccccc2Cl)ccc1N1CCC(Oc2ccc3ccccc3n2)C1=O. The molecule has 1 aromatic heterocycles. The number of para-hydroxylation sites is 1. The molecule has 4 aromatic rings. The van der Waals surface area contributed by atoms with E-state index in [1.54, 1.807) is 23.1 Å². The Morgan fingerprint density at radius 2 is 1.84 bits per heavy atom. The Bertz CT molecular complexity index is 1380. The van der Waals surface area contributed by atoms with E-state index >= 15 is 0 Å². The smallest absolute Gasteiger partial charge is 0.267 e. The Morgan fingerprint density at radius 1 is 1.03 bits per heavy atom. The van der Waals surface area contributed by atoms with Crippen LogP contribution in [0.3, 0.4) is 0 Å². The molecule has 1 aliphatic rings. The number of pyridine rings is 1. The number of benzene rings is 3. The second-order valence-corrected chi connectivity index (χ2v) is 7.93. The lowest BCUT2D eigenvalue weighted by atomic mass is 10.0. The average Bonchev–Trinajstić information content (AvgIpc) is 3.18. The largest absolute Gasteiger partial charge is 0.464 e. The van der Waals surface area contributed by atoms with E-state index in [0.29, 0.717) is 35.2 Å². The predicted octanol–water partition coefficient (Wildman–Crippen LogP) is 6.29. The summed E-state index contributed by atoms with van der Waals surface area (Å²) in [4.78, 5) is 22.9. The van der Waals surface area contributed by atoms with E-state index in [1.807, 2.05) is 60.7 Å². The van der Waals surface area contributed by atoms with Crippen LogP contribution in [0.25, 0.3) is 26.9 Å². The van der Waals surface area contributed by atoms with Crippen LogP contribution in [-0.2, 0) is 4.79 Å². The minimum Gasteiger partial charge on any atom is -0.464 e. The van der Waals surface area contributed by atoms with E-state index in [0.717, 1.165) is 22.0 Å². The Morgan fingerprint density at radius 3 is 2.69 bits per heavy atom. The first-order valence-electron chi connectivity index (χ1n) is 10.2. The van der Waals surface area contributed by atoms with Crippen LogP contribution in [0.5, 0.6) is 5.88 Å². The van der Waals surface area contributed by atoms with Gasteiger partial charge in [-0.05, 0) is 41.5 Å². The van der Waals surface area contributed by atoms with Gasteiger partial charge in [0.1, 0.15) is 0 Å². The number of hydrogen-bond acceptors (Lipinski definition) is 3. The van der Waals surface area contributed by atoms with E-state index in [-0.39, 0.29) is 5.91 Å². The van der Waals surface area contributed by atoms with Crippen LogP contribution in [0.2, 0.25) is 5.02 Å². The van der Waals surface area contributed by atoms with Crippen molar-refractivity contribution in [2.24, 2.45) is 0 Å². The van der Waals surface area contributed by atoms with E-state index in [4.69, 9.17) is 22.9 Å². The molecule has 0 radical (unpaired) electrons. The molecule has 32 heavy (non-hydrogen) atoms. The summed E-state index contributed by atoms with van der Waals surface area (Å²) in [5.41, 5.74) is 3.49. The van der Waals surface area contributed by atoms with Gasteiger partial charge in [0.2, 0.25) is 11.6 Å². The third-order valence-electron chi connectivity index (χ3n) is 5.56. The van der Waals surface area contributed by atoms with Crippen molar-refractivity contribution in [1.29, 1.82) is 0 Å². The van der Waals surface area contributed by atoms with Crippen molar-refractivity contribution in [1.82, 2.24) is 4.98 Å². The molecule has 0 aliphatic carbocycles. The summed E-state index contributed by atoms with van der Waals surface area (Å²) in [6.07, 6.45) is -0.109. The maximum Gasteiger partial charge on any atom is 0.267 e. The third-order valence-corrected chi connectivity index (χ3v) is 5.89. The fourth-order valence-electron chi connectivity index (χ4n) is 3.97. The highest BCUT2D eigenvalue weighted by atomic mass is 35.5. The monoisotopic (exact) mass is 439 g/mol. The number of carbonyl (C=O) groups is 1. The summed E-state index contributed by atoms with van der Waals surface area (Å²) < 4.78 is 5.93. The highest BCUT2D eigenvalue weighted by Gasteiger charge is 2.35. The van der Waals surface area contributed by atoms with Crippen LogP contribution < -0.4 is 9.64 Å². The Balaban J connectivity index is 1.39. The Labute approximate surface area is 190 Å². The predicted molar refractivity (Wildman–Crippen MR) is 126 cm³/mol. The highest BCUT2D eigenvalue weighted by Crippen LogP contribution is 2.38. The van der Waals surface area contributed by atoms with Gasteiger partial charge >= 0.3 is 0 Å².